The summed E-state index contributed by atoms with van der Waals surface area (Å²) in [7, 11) is 2.44. The van der Waals surface area contributed by atoms with Crippen LogP contribution in [0, 0.1) is 0 Å². The van der Waals surface area contributed by atoms with Crippen molar-refractivity contribution in [2.75, 3.05) is 14.2 Å². The molecule has 0 rings (SSSR count). The van der Waals surface area contributed by atoms with Gasteiger partial charge in [0, 0.05) is 14.2 Å². The number of hydrogen-bond acceptors (Lipinski definition) is 5. The molecule has 0 saturated carbocycles. The van der Waals surface area contributed by atoms with Crippen LogP contribution in [0.2, 0.25) is 0 Å². The van der Waals surface area contributed by atoms with E-state index in [0.717, 1.165) is 0 Å². The van der Waals surface area contributed by atoms with Gasteiger partial charge in [-0.3, -0.25) is 0 Å². The van der Waals surface area contributed by atoms with Crippen LogP contribution in [-0.2, 0) is 30.4 Å². The van der Waals surface area contributed by atoms with Crippen molar-refractivity contribution in [3.63, 3.8) is 0 Å². The molecule has 1 atom stereocenters. The van der Waals surface area contributed by atoms with Crippen LogP contribution in [0.3, 0.4) is 0 Å². The smallest absolute Gasteiger partial charge is 0.359 e. The minimum Gasteiger partial charge on any atom is -0.444 e. The molecule has 0 aliphatic rings. The number of ether oxygens (including phenoxy) is 1. The van der Waals surface area contributed by atoms with Gasteiger partial charge in [-0.25, -0.2) is 4.79 Å². The summed E-state index contributed by atoms with van der Waals surface area (Å²) in [5, 5.41) is 0. The van der Waals surface area contributed by atoms with E-state index in [1.165, 1.54) is 14.2 Å². The Balaban J connectivity index is 5.30. The molecule has 0 bridgehead atoms. The van der Waals surface area contributed by atoms with Crippen molar-refractivity contribution in [2.24, 2.45) is 0 Å². The van der Waals surface area contributed by atoms with Crippen molar-refractivity contribution in [1.29, 1.82) is 0 Å². The molecule has 0 N–H and O–H groups in total. The maximum atomic E-state index is 11.5. The summed E-state index contributed by atoms with van der Waals surface area (Å²) < 4.78 is 10.2. The third-order valence-electron chi connectivity index (χ3n) is 1.53. The molecular weight excluding hydrogens is 412 g/mol. The van der Waals surface area contributed by atoms with Gasteiger partial charge in [0.1, 0.15) is 0 Å². The molecule has 0 heterocycles. The molecular formula is C6H7Cl6O4PS. The summed E-state index contributed by atoms with van der Waals surface area (Å²) >= 11 is 38.0. The van der Waals surface area contributed by atoms with Gasteiger partial charge >= 0.3 is 5.97 Å². The lowest BCUT2D eigenvalue weighted by atomic mass is 10.7. The Morgan fingerprint density at radius 1 is 1.11 bits per heavy atom. The summed E-state index contributed by atoms with van der Waals surface area (Å²) in [6, 6.07) is 0. The molecule has 0 fully saturated rings. The molecule has 0 radical (unpaired) electrons. The molecule has 0 amide bonds. The van der Waals surface area contributed by atoms with Crippen LogP contribution in [0.5, 0.6) is 0 Å². The predicted molar refractivity (Wildman–Crippen MR) is 78.8 cm³/mol. The highest BCUT2D eigenvalue weighted by Crippen LogP contribution is 2.60. The van der Waals surface area contributed by atoms with Crippen molar-refractivity contribution in [1.82, 2.24) is 0 Å². The normalized spacial score (nSPS) is 15.3. The fourth-order valence-corrected chi connectivity index (χ4v) is 4.41. The molecule has 0 saturated heterocycles. The second-order valence-electron chi connectivity index (χ2n) is 2.70. The number of rotatable bonds is 4. The Kier molecular flexibility index (Phi) is 7.88. The predicted octanol–water partition coefficient (Wildman–Crippen LogP) is 4.20. The number of carbonyl (C=O) groups excluding carboxylic acids is 1. The van der Waals surface area contributed by atoms with Gasteiger partial charge in [0.25, 0.3) is 3.79 Å². The third kappa shape index (κ3) is 5.65. The van der Waals surface area contributed by atoms with Crippen LogP contribution in [0.1, 0.15) is 0 Å². The SMILES string of the molecule is COP(=S)(OC)C(OC(=O)C(Cl)(Cl)Cl)C(Cl)(Cl)Cl. The van der Waals surface area contributed by atoms with E-state index in [1.54, 1.807) is 0 Å². The summed E-state index contributed by atoms with van der Waals surface area (Å²) in [5.41, 5.74) is 0. The van der Waals surface area contributed by atoms with E-state index in [9.17, 15) is 4.79 Å². The average molecular weight is 419 g/mol. The van der Waals surface area contributed by atoms with Gasteiger partial charge in [-0.15, -0.1) is 0 Å². The second-order valence-corrected chi connectivity index (χ2v) is 11.2. The highest BCUT2D eigenvalue weighted by molar-refractivity contribution is 8.10. The van der Waals surface area contributed by atoms with E-state index in [1.807, 2.05) is 0 Å². The summed E-state index contributed by atoms with van der Waals surface area (Å²) in [5.74, 6) is -2.78. The van der Waals surface area contributed by atoms with Crippen molar-refractivity contribution >= 4 is 93.9 Å². The molecule has 108 valence electrons. The first-order chi connectivity index (χ1) is 7.88. The third-order valence-corrected chi connectivity index (χ3v) is 6.59. The number of carbonyl (C=O) groups is 1. The largest absolute Gasteiger partial charge is 0.444 e. The first-order valence-electron chi connectivity index (χ1n) is 3.94. The fourth-order valence-electron chi connectivity index (χ4n) is 0.745. The number of hydrogen-bond donors (Lipinski definition) is 0. The zero-order chi connectivity index (χ0) is 14.8. The second kappa shape index (κ2) is 7.17. The van der Waals surface area contributed by atoms with Crippen molar-refractivity contribution in [2.45, 2.75) is 13.4 Å². The maximum absolute atomic E-state index is 11.5. The minimum absolute atomic E-state index is 1.22. The number of esters is 1. The van der Waals surface area contributed by atoms with E-state index in [0.29, 0.717) is 0 Å². The molecule has 0 spiro atoms. The van der Waals surface area contributed by atoms with Gasteiger partial charge in [0.15, 0.2) is 0 Å². The van der Waals surface area contributed by atoms with E-state index in [4.69, 9.17) is 95.2 Å². The van der Waals surface area contributed by atoms with Crippen molar-refractivity contribution in [3.8, 4) is 0 Å². The first-order valence-corrected chi connectivity index (χ1v) is 8.91. The fraction of sp³-hybridized carbons (Fsp3) is 0.833. The highest BCUT2D eigenvalue weighted by atomic mass is 35.6. The zero-order valence-corrected chi connectivity index (χ0v) is 15.1. The minimum atomic E-state index is -3.22. The summed E-state index contributed by atoms with van der Waals surface area (Å²) in [6.45, 7) is -3.22. The van der Waals surface area contributed by atoms with Gasteiger partial charge in [0.2, 0.25) is 16.1 Å². The molecule has 0 aliphatic carbocycles. The molecule has 1 unspecified atom stereocenters. The van der Waals surface area contributed by atoms with Crippen LogP contribution < -0.4 is 0 Å². The lowest BCUT2D eigenvalue weighted by Gasteiger charge is -2.32. The number of halogens is 6. The van der Waals surface area contributed by atoms with Crippen molar-refractivity contribution < 1.29 is 18.6 Å². The van der Waals surface area contributed by atoms with Gasteiger partial charge in [-0.05, 0) is 11.8 Å². The average Bonchev–Trinajstić information content (AvgIpc) is 2.21. The van der Waals surface area contributed by atoms with Crippen LogP contribution in [-0.4, -0.2) is 33.6 Å². The van der Waals surface area contributed by atoms with E-state index in [2.05, 4.69) is 0 Å². The lowest BCUT2D eigenvalue weighted by Crippen LogP contribution is -2.36. The maximum Gasteiger partial charge on any atom is 0.359 e. The number of alkyl halides is 6. The van der Waals surface area contributed by atoms with E-state index in [-0.39, 0.29) is 0 Å². The van der Waals surface area contributed by atoms with Gasteiger partial charge < -0.3 is 13.8 Å². The molecule has 4 nitrogen and oxygen atoms in total. The molecule has 18 heavy (non-hydrogen) atoms. The van der Waals surface area contributed by atoms with Crippen LogP contribution >= 0.6 is 76.1 Å². The lowest BCUT2D eigenvalue weighted by molar-refractivity contribution is -0.144. The standard InChI is InChI=1S/C6H7Cl6O4PS/c1-14-17(18,15-2)4(6(10,11)12)16-3(13)5(7,8)9/h4H,1-2H3. The van der Waals surface area contributed by atoms with Gasteiger partial charge in [-0.1, -0.05) is 69.6 Å². The molecule has 0 aromatic carbocycles. The Bertz CT molecular complexity index is 345. The molecule has 0 aromatic rings. The van der Waals surface area contributed by atoms with Crippen LogP contribution in [0.25, 0.3) is 0 Å². The summed E-state index contributed by atoms with van der Waals surface area (Å²) in [6.07, 6.45) is 0. The Labute approximate surface area is 139 Å². The van der Waals surface area contributed by atoms with Crippen LogP contribution in [0.15, 0.2) is 0 Å². The zero-order valence-electron chi connectivity index (χ0n) is 8.83. The summed E-state index contributed by atoms with van der Waals surface area (Å²) in [4.78, 5) is 11.5. The first kappa shape index (κ1) is 19.8. The highest BCUT2D eigenvalue weighted by Gasteiger charge is 2.50. The Hall–Kier alpha value is 1.78. The molecule has 12 heteroatoms. The molecule has 0 aromatic heterocycles. The van der Waals surface area contributed by atoms with E-state index >= 15 is 0 Å². The van der Waals surface area contributed by atoms with Gasteiger partial charge in [-0.2, -0.15) is 0 Å². The van der Waals surface area contributed by atoms with Crippen molar-refractivity contribution in [3.05, 3.63) is 0 Å². The monoisotopic (exact) mass is 416 g/mol. The Morgan fingerprint density at radius 2 is 1.50 bits per heavy atom. The van der Waals surface area contributed by atoms with Gasteiger partial charge in [0.05, 0.1) is 0 Å². The quantitative estimate of drug-likeness (QED) is 0.389. The molecule has 0 aliphatic heterocycles. The van der Waals surface area contributed by atoms with Crippen LogP contribution in [0.4, 0.5) is 0 Å². The van der Waals surface area contributed by atoms with E-state index < -0.39 is 25.9 Å². The topological polar surface area (TPSA) is 44.8 Å². The Morgan fingerprint density at radius 3 is 1.72 bits per heavy atom.